The van der Waals surface area contributed by atoms with Crippen LogP contribution in [0.15, 0.2) is 45.6 Å². The number of fused-ring (bicyclic) bond motifs is 1. The fourth-order valence-electron chi connectivity index (χ4n) is 3.50. The molecule has 12 heteroatoms. The van der Waals surface area contributed by atoms with E-state index >= 15 is 0 Å². The molecule has 0 bridgehead atoms. The van der Waals surface area contributed by atoms with Crippen LogP contribution in [0.4, 0.5) is 0 Å². The number of aliphatic hydroxyl groups excluding tert-OH is 4. The maximum Gasteiger partial charge on any atom is 0.355 e. The monoisotopic (exact) mass is 464 g/mol. The van der Waals surface area contributed by atoms with Crippen molar-refractivity contribution in [3.63, 3.8) is 0 Å². The summed E-state index contributed by atoms with van der Waals surface area (Å²) in [6.45, 7) is -0.845. The highest BCUT2D eigenvalue weighted by molar-refractivity contribution is 5.86. The molecule has 0 aliphatic carbocycles. The normalized spacial score (nSPS) is 27.5. The quantitative estimate of drug-likeness (QED) is 0.174. The molecule has 1 aliphatic rings. The van der Waals surface area contributed by atoms with Gasteiger partial charge in [-0.1, -0.05) is 0 Å². The van der Waals surface area contributed by atoms with Gasteiger partial charge < -0.3 is 54.7 Å². The molecule has 0 amide bonds. The van der Waals surface area contributed by atoms with Gasteiger partial charge in [0, 0.05) is 23.8 Å². The third-order valence-electron chi connectivity index (χ3n) is 5.22. The van der Waals surface area contributed by atoms with Crippen LogP contribution in [-0.4, -0.2) is 77.8 Å². The number of aromatic hydroxyl groups is 3. The molecule has 1 saturated heterocycles. The van der Waals surface area contributed by atoms with Crippen molar-refractivity contribution in [3.8, 4) is 34.3 Å². The highest BCUT2D eigenvalue weighted by Crippen LogP contribution is 2.37. The third-order valence-corrected chi connectivity index (χ3v) is 5.22. The van der Waals surface area contributed by atoms with E-state index in [1.54, 1.807) is 0 Å². The van der Waals surface area contributed by atoms with Crippen LogP contribution in [0.5, 0.6) is 23.0 Å². The van der Waals surface area contributed by atoms with Gasteiger partial charge in [0.2, 0.25) is 0 Å². The zero-order valence-corrected chi connectivity index (χ0v) is 16.7. The van der Waals surface area contributed by atoms with Gasteiger partial charge in [0.25, 0.3) is 0 Å². The number of phenolic OH excluding ortho intramolecular Hbond substituents is 3. The van der Waals surface area contributed by atoms with E-state index in [1.807, 2.05) is 0 Å². The van der Waals surface area contributed by atoms with Crippen LogP contribution < -0.4 is 10.2 Å². The second kappa shape index (κ2) is 8.19. The first-order valence-corrected chi connectivity index (χ1v) is 9.61. The maximum atomic E-state index is 12.9. The van der Waals surface area contributed by atoms with Crippen LogP contribution in [0.25, 0.3) is 22.3 Å². The molecule has 0 radical (unpaired) electrons. The lowest BCUT2D eigenvalue weighted by Crippen LogP contribution is -2.67. The lowest BCUT2D eigenvalue weighted by molar-refractivity contribution is -0.422. The molecule has 33 heavy (non-hydrogen) atoms. The number of hydrogen-bond acceptors (Lipinski definition) is 12. The number of aliphatic hydroxyl groups is 5. The van der Waals surface area contributed by atoms with Gasteiger partial charge in [-0.15, -0.1) is 0 Å². The molecule has 8 N–H and O–H groups in total. The zero-order chi connectivity index (χ0) is 24.1. The molecule has 3 aromatic rings. The smallest absolute Gasteiger partial charge is 0.355 e. The fraction of sp³-hybridized carbons (Fsp3) is 0.286. The molecular formula is C21H20O12. The van der Waals surface area contributed by atoms with Gasteiger partial charge in [-0.25, -0.2) is 0 Å². The average molecular weight is 464 g/mol. The molecule has 1 aliphatic heterocycles. The van der Waals surface area contributed by atoms with E-state index in [1.165, 1.54) is 12.1 Å². The van der Waals surface area contributed by atoms with Crippen molar-refractivity contribution in [2.75, 3.05) is 6.61 Å². The predicted octanol–water partition coefficient (Wildman–Crippen LogP) is -0.925. The molecule has 5 atom stereocenters. The summed E-state index contributed by atoms with van der Waals surface area (Å²) in [6, 6.07) is 6.72. The Bertz CT molecular complexity index is 1250. The third kappa shape index (κ3) is 3.95. The van der Waals surface area contributed by atoms with E-state index in [9.17, 15) is 45.6 Å². The summed E-state index contributed by atoms with van der Waals surface area (Å²) >= 11 is 0. The maximum absolute atomic E-state index is 12.9. The summed E-state index contributed by atoms with van der Waals surface area (Å²) < 4.78 is 15.9. The van der Waals surface area contributed by atoms with Crippen LogP contribution in [0.2, 0.25) is 0 Å². The van der Waals surface area contributed by atoms with Crippen LogP contribution in [0.3, 0.4) is 0 Å². The Morgan fingerprint density at radius 3 is 2.36 bits per heavy atom. The minimum absolute atomic E-state index is 0.0362. The lowest BCUT2D eigenvalue weighted by atomic mass is 9.98. The standard InChI is InChI=1S/C21H20O12/c22-7-16-18(27)19(28)20(29)21(30,33-16)32-15-5-9(23)4-14-17(15)12(26)6-13(31-14)8-1-2-10(24)11(25)3-8/h1-6,16,18-20,22-25,27-30H,7H2. The zero-order valence-electron chi connectivity index (χ0n) is 16.7. The number of ether oxygens (including phenoxy) is 2. The summed E-state index contributed by atoms with van der Waals surface area (Å²) in [5, 5.41) is 79.0. The highest BCUT2D eigenvalue weighted by Gasteiger charge is 2.55. The fourth-order valence-corrected chi connectivity index (χ4v) is 3.50. The van der Waals surface area contributed by atoms with Crippen molar-refractivity contribution < 1.29 is 54.7 Å². The second-order valence-corrected chi connectivity index (χ2v) is 7.49. The van der Waals surface area contributed by atoms with Crippen molar-refractivity contribution in [3.05, 3.63) is 46.6 Å². The summed E-state index contributed by atoms with van der Waals surface area (Å²) in [5.41, 5.74) is -0.710. The molecule has 0 saturated carbocycles. The summed E-state index contributed by atoms with van der Waals surface area (Å²) in [7, 11) is 0. The van der Waals surface area contributed by atoms with Gasteiger partial charge in [0.15, 0.2) is 23.0 Å². The minimum atomic E-state index is -3.01. The Labute approximate surface area is 184 Å². The second-order valence-electron chi connectivity index (χ2n) is 7.49. The van der Waals surface area contributed by atoms with Gasteiger partial charge in [-0.3, -0.25) is 4.79 Å². The molecule has 5 unspecified atom stereocenters. The predicted molar refractivity (Wildman–Crippen MR) is 108 cm³/mol. The van der Waals surface area contributed by atoms with E-state index in [4.69, 9.17) is 13.9 Å². The highest BCUT2D eigenvalue weighted by atomic mass is 16.8. The van der Waals surface area contributed by atoms with Crippen molar-refractivity contribution in [2.24, 2.45) is 0 Å². The van der Waals surface area contributed by atoms with Gasteiger partial charge in [-0.05, 0) is 18.2 Å². The Morgan fingerprint density at radius 2 is 1.70 bits per heavy atom. The number of benzene rings is 2. The van der Waals surface area contributed by atoms with Crippen molar-refractivity contribution in [1.29, 1.82) is 0 Å². The Kier molecular flexibility index (Phi) is 5.66. The Balaban J connectivity index is 1.80. The van der Waals surface area contributed by atoms with Gasteiger partial charge >= 0.3 is 5.97 Å². The summed E-state index contributed by atoms with van der Waals surface area (Å²) in [6.07, 6.45) is -7.49. The number of phenols is 3. The number of hydrogen-bond donors (Lipinski definition) is 8. The van der Waals surface area contributed by atoms with E-state index < -0.39 is 59.7 Å². The van der Waals surface area contributed by atoms with Crippen LogP contribution in [0.1, 0.15) is 0 Å². The van der Waals surface area contributed by atoms with E-state index in [-0.39, 0.29) is 28.0 Å². The molecule has 2 aromatic carbocycles. The Hall–Kier alpha value is -3.39. The van der Waals surface area contributed by atoms with Crippen molar-refractivity contribution in [2.45, 2.75) is 30.4 Å². The van der Waals surface area contributed by atoms with Gasteiger partial charge in [0.05, 0.1) is 6.61 Å². The largest absolute Gasteiger partial charge is 0.508 e. The van der Waals surface area contributed by atoms with E-state index in [2.05, 4.69) is 0 Å². The lowest BCUT2D eigenvalue weighted by Gasteiger charge is -2.44. The Morgan fingerprint density at radius 1 is 0.970 bits per heavy atom. The van der Waals surface area contributed by atoms with Gasteiger partial charge in [-0.2, -0.15) is 0 Å². The average Bonchev–Trinajstić information content (AvgIpc) is 2.76. The van der Waals surface area contributed by atoms with Crippen LogP contribution >= 0.6 is 0 Å². The first-order chi connectivity index (χ1) is 15.5. The first kappa shape index (κ1) is 22.8. The SMILES string of the molecule is O=c1cc(-c2ccc(O)c(O)c2)oc2cc(O)cc(OC3(O)OC(CO)C(O)C(O)C3O)c12. The van der Waals surface area contributed by atoms with Crippen molar-refractivity contribution >= 4 is 11.0 Å². The van der Waals surface area contributed by atoms with Crippen molar-refractivity contribution in [1.82, 2.24) is 0 Å². The molecule has 176 valence electrons. The van der Waals surface area contributed by atoms with E-state index in [0.29, 0.717) is 0 Å². The molecule has 1 fully saturated rings. The minimum Gasteiger partial charge on any atom is -0.508 e. The van der Waals surface area contributed by atoms with Crippen LogP contribution in [0, 0.1) is 0 Å². The van der Waals surface area contributed by atoms with Crippen LogP contribution in [-0.2, 0) is 4.74 Å². The topological polar surface area (TPSA) is 211 Å². The number of rotatable bonds is 4. The summed E-state index contributed by atoms with van der Waals surface area (Å²) in [5.74, 6) is -4.87. The van der Waals surface area contributed by atoms with Gasteiger partial charge in [0.1, 0.15) is 46.5 Å². The molecule has 12 nitrogen and oxygen atoms in total. The molecule has 1 aromatic heterocycles. The van der Waals surface area contributed by atoms with E-state index in [0.717, 1.165) is 24.3 Å². The molecule has 4 rings (SSSR count). The molecule has 2 heterocycles. The first-order valence-electron chi connectivity index (χ1n) is 9.61. The molecular weight excluding hydrogens is 444 g/mol. The molecule has 0 spiro atoms. The summed E-state index contributed by atoms with van der Waals surface area (Å²) in [4.78, 5) is 12.9.